The zero-order valence-corrected chi connectivity index (χ0v) is 10.5. The molecule has 0 spiro atoms. The second-order valence-electron chi connectivity index (χ2n) is 4.73. The monoisotopic (exact) mass is 226 g/mol. The van der Waals surface area contributed by atoms with E-state index in [0.29, 0.717) is 11.3 Å². The molecule has 0 atom stereocenters. The van der Waals surface area contributed by atoms with Crippen molar-refractivity contribution in [3.63, 3.8) is 0 Å². The highest BCUT2D eigenvalue weighted by atomic mass is 19.1. The van der Waals surface area contributed by atoms with Gasteiger partial charge in [0.05, 0.1) is 13.7 Å². The van der Waals surface area contributed by atoms with Crippen LogP contribution in [0.2, 0.25) is 0 Å². The van der Waals surface area contributed by atoms with Gasteiger partial charge in [0.25, 0.3) is 0 Å². The van der Waals surface area contributed by atoms with E-state index in [1.165, 1.54) is 13.2 Å². The van der Waals surface area contributed by atoms with Crippen LogP contribution in [0, 0.1) is 19.7 Å². The molecule has 0 unspecified atom stereocenters. The Hall–Kier alpha value is -1.09. The maximum absolute atomic E-state index is 13.7. The summed E-state index contributed by atoms with van der Waals surface area (Å²) in [5.74, 6) is 0.274. The number of benzene rings is 1. The maximum Gasteiger partial charge on any atom is 0.130 e. The summed E-state index contributed by atoms with van der Waals surface area (Å²) in [5, 5.41) is 9.33. The van der Waals surface area contributed by atoms with Gasteiger partial charge in [-0.05, 0) is 31.0 Å². The van der Waals surface area contributed by atoms with Crippen LogP contribution in [0.3, 0.4) is 0 Å². The van der Waals surface area contributed by atoms with Gasteiger partial charge >= 0.3 is 0 Å². The van der Waals surface area contributed by atoms with Crippen LogP contribution in [-0.2, 0) is 5.41 Å². The van der Waals surface area contributed by atoms with Crippen molar-refractivity contribution in [2.24, 2.45) is 0 Å². The van der Waals surface area contributed by atoms with E-state index in [9.17, 15) is 9.50 Å². The summed E-state index contributed by atoms with van der Waals surface area (Å²) in [6.07, 6.45) is 0. The largest absolute Gasteiger partial charge is 0.496 e. The summed E-state index contributed by atoms with van der Waals surface area (Å²) in [5.41, 5.74) is 1.72. The fourth-order valence-corrected chi connectivity index (χ4v) is 1.95. The van der Waals surface area contributed by atoms with Gasteiger partial charge in [0.2, 0.25) is 0 Å². The number of methoxy groups -OCH3 is 1. The standard InChI is InChI=1S/C13H19FO2/c1-8-10(13(3,4)7-15)6-11(14)9(2)12(8)16-5/h6,15H,7H2,1-5H3. The van der Waals surface area contributed by atoms with Gasteiger partial charge in [-0.1, -0.05) is 13.8 Å². The molecule has 0 saturated carbocycles. The molecule has 1 aromatic rings. The maximum atomic E-state index is 13.7. The second-order valence-corrected chi connectivity index (χ2v) is 4.73. The minimum Gasteiger partial charge on any atom is -0.496 e. The van der Waals surface area contributed by atoms with Crippen molar-refractivity contribution in [1.82, 2.24) is 0 Å². The van der Waals surface area contributed by atoms with Gasteiger partial charge in [-0.2, -0.15) is 0 Å². The summed E-state index contributed by atoms with van der Waals surface area (Å²) in [6, 6.07) is 1.49. The third-order valence-corrected chi connectivity index (χ3v) is 3.04. The molecule has 0 bridgehead atoms. The van der Waals surface area contributed by atoms with Crippen LogP contribution in [0.1, 0.15) is 30.5 Å². The third kappa shape index (κ3) is 2.05. The Bertz CT molecular complexity index is 397. The van der Waals surface area contributed by atoms with Crippen molar-refractivity contribution < 1.29 is 14.2 Å². The zero-order chi connectivity index (χ0) is 12.5. The first-order valence-electron chi connectivity index (χ1n) is 5.30. The molecule has 1 aromatic carbocycles. The molecule has 0 aliphatic heterocycles. The number of hydrogen-bond donors (Lipinski definition) is 1. The van der Waals surface area contributed by atoms with Gasteiger partial charge in [0.1, 0.15) is 11.6 Å². The lowest BCUT2D eigenvalue weighted by Crippen LogP contribution is -2.24. The fourth-order valence-electron chi connectivity index (χ4n) is 1.95. The summed E-state index contributed by atoms with van der Waals surface area (Å²) in [7, 11) is 1.53. The molecule has 0 radical (unpaired) electrons. The molecule has 3 heteroatoms. The highest BCUT2D eigenvalue weighted by Gasteiger charge is 2.25. The minimum absolute atomic E-state index is 0.0283. The topological polar surface area (TPSA) is 29.5 Å². The summed E-state index contributed by atoms with van der Waals surface area (Å²) in [6.45, 7) is 7.31. The molecule has 0 aliphatic carbocycles. The molecule has 0 heterocycles. The number of aliphatic hydroxyl groups is 1. The van der Waals surface area contributed by atoms with Crippen molar-refractivity contribution in [3.05, 3.63) is 28.6 Å². The number of halogens is 1. The number of aliphatic hydroxyl groups excluding tert-OH is 1. The minimum atomic E-state index is -0.466. The van der Waals surface area contributed by atoms with E-state index in [2.05, 4.69) is 0 Å². The van der Waals surface area contributed by atoms with E-state index in [1.807, 2.05) is 20.8 Å². The van der Waals surface area contributed by atoms with Crippen LogP contribution in [0.25, 0.3) is 0 Å². The van der Waals surface area contributed by atoms with Crippen LogP contribution in [0.5, 0.6) is 5.75 Å². The van der Waals surface area contributed by atoms with Gasteiger partial charge < -0.3 is 9.84 Å². The molecular weight excluding hydrogens is 207 g/mol. The third-order valence-electron chi connectivity index (χ3n) is 3.04. The average Bonchev–Trinajstić information content (AvgIpc) is 2.24. The van der Waals surface area contributed by atoms with E-state index in [1.54, 1.807) is 6.92 Å². The van der Waals surface area contributed by atoms with Gasteiger partial charge in [0.15, 0.2) is 0 Å². The Morgan fingerprint density at radius 2 is 1.88 bits per heavy atom. The van der Waals surface area contributed by atoms with Gasteiger partial charge in [-0.3, -0.25) is 0 Å². The number of rotatable bonds is 3. The van der Waals surface area contributed by atoms with Crippen LogP contribution in [0.15, 0.2) is 6.07 Å². The predicted molar refractivity (Wildman–Crippen MR) is 62.5 cm³/mol. The quantitative estimate of drug-likeness (QED) is 0.858. The van der Waals surface area contributed by atoms with E-state index in [4.69, 9.17) is 4.74 Å². The lowest BCUT2D eigenvalue weighted by molar-refractivity contribution is 0.217. The molecule has 0 fully saturated rings. The number of hydrogen-bond acceptors (Lipinski definition) is 2. The van der Waals surface area contributed by atoms with Crippen LogP contribution in [-0.4, -0.2) is 18.8 Å². The van der Waals surface area contributed by atoms with Crippen molar-refractivity contribution in [3.8, 4) is 5.75 Å². The van der Waals surface area contributed by atoms with Crippen molar-refractivity contribution in [2.45, 2.75) is 33.1 Å². The molecule has 16 heavy (non-hydrogen) atoms. The first kappa shape index (κ1) is 13.0. The SMILES string of the molecule is COc1c(C)c(F)cc(C(C)(C)CO)c1C. The van der Waals surface area contributed by atoms with Crippen LogP contribution >= 0.6 is 0 Å². The van der Waals surface area contributed by atoms with Crippen molar-refractivity contribution >= 4 is 0 Å². The van der Waals surface area contributed by atoms with Crippen molar-refractivity contribution in [2.75, 3.05) is 13.7 Å². The molecule has 90 valence electrons. The zero-order valence-electron chi connectivity index (χ0n) is 10.5. The fraction of sp³-hybridized carbons (Fsp3) is 0.538. The lowest BCUT2D eigenvalue weighted by Gasteiger charge is -2.26. The van der Waals surface area contributed by atoms with Crippen LogP contribution in [0.4, 0.5) is 4.39 Å². The lowest BCUT2D eigenvalue weighted by atomic mass is 9.82. The van der Waals surface area contributed by atoms with E-state index >= 15 is 0 Å². The first-order valence-corrected chi connectivity index (χ1v) is 5.30. The van der Waals surface area contributed by atoms with Crippen LogP contribution < -0.4 is 4.74 Å². The smallest absolute Gasteiger partial charge is 0.130 e. The normalized spacial score (nSPS) is 11.7. The predicted octanol–water partition coefficient (Wildman–Crippen LogP) is 2.72. The Balaban J connectivity index is 3.49. The Kier molecular flexibility index (Phi) is 3.58. The molecule has 0 amide bonds. The highest BCUT2D eigenvalue weighted by Crippen LogP contribution is 2.35. The van der Waals surface area contributed by atoms with Gasteiger partial charge in [0, 0.05) is 11.0 Å². The molecule has 0 aromatic heterocycles. The summed E-state index contributed by atoms with van der Waals surface area (Å²) < 4.78 is 18.9. The molecule has 1 N–H and O–H groups in total. The summed E-state index contributed by atoms with van der Waals surface area (Å²) in [4.78, 5) is 0. The molecule has 0 aliphatic rings. The van der Waals surface area contributed by atoms with E-state index < -0.39 is 5.41 Å². The molecule has 0 saturated heterocycles. The molecule has 1 rings (SSSR count). The second kappa shape index (κ2) is 4.42. The first-order chi connectivity index (χ1) is 7.35. The summed E-state index contributed by atoms with van der Waals surface area (Å²) >= 11 is 0. The number of ether oxygens (including phenoxy) is 1. The van der Waals surface area contributed by atoms with E-state index in [0.717, 1.165) is 11.1 Å². The van der Waals surface area contributed by atoms with Gasteiger partial charge in [-0.15, -0.1) is 0 Å². The Morgan fingerprint density at radius 1 is 1.31 bits per heavy atom. The van der Waals surface area contributed by atoms with E-state index in [-0.39, 0.29) is 12.4 Å². The average molecular weight is 226 g/mol. The van der Waals surface area contributed by atoms with Crippen molar-refractivity contribution in [1.29, 1.82) is 0 Å². The Morgan fingerprint density at radius 3 is 2.31 bits per heavy atom. The molecular formula is C13H19FO2. The molecule has 2 nitrogen and oxygen atoms in total. The highest BCUT2D eigenvalue weighted by molar-refractivity contribution is 5.48. The van der Waals surface area contributed by atoms with Gasteiger partial charge in [-0.25, -0.2) is 4.39 Å². The Labute approximate surface area is 96.1 Å².